The molecule has 0 atom stereocenters. The normalized spacial score (nSPS) is 10.8. The minimum atomic E-state index is -4.71. The van der Waals surface area contributed by atoms with Crippen LogP contribution >= 0.6 is 0 Å². The van der Waals surface area contributed by atoms with Crippen molar-refractivity contribution in [2.24, 2.45) is 0 Å². The first-order chi connectivity index (χ1) is 7.40. The third kappa shape index (κ3) is 4.07. The van der Waals surface area contributed by atoms with Crippen molar-refractivity contribution in [1.82, 2.24) is 5.32 Å². The zero-order valence-electron chi connectivity index (χ0n) is 8.26. The monoisotopic (exact) mass is 234 g/mol. The number of rotatable bonds is 2. The van der Waals surface area contributed by atoms with Crippen molar-refractivity contribution >= 4 is 11.7 Å². The van der Waals surface area contributed by atoms with Crippen LogP contribution in [0.15, 0.2) is 24.3 Å². The smallest absolute Gasteiger partial charge is 0.406 e. The lowest BCUT2D eigenvalue weighted by Gasteiger charge is -2.09. The van der Waals surface area contributed by atoms with Gasteiger partial charge in [-0.1, -0.05) is 0 Å². The maximum absolute atomic E-state index is 11.8. The SMILES string of the molecule is CNC(=O)Nc1ccc(OC(F)(F)F)cc1. The first-order valence-corrected chi connectivity index (χ1v) is 4.25. The highest BCUT2D eigenvalue weighted by atomic mass is 19.4. The second-order valence-corrected chi connectivity index (χ2v) is 2.78. The molecule has 0 radical (unpaired) electrons. The fraction of sp³-hybridized carbons (Fsp3) is 0.222. The Hall–Kier alpha value is -1.92. The van der Waals surface area contributed by atoms with Gasteiger partial charge in [-0.15, -0.1) is 13.2 Å². The van der Waals surface area contributed by atoms with Crippen LogP contribution in [0.25, 0.3) is 0 Å². The summed E-state index contributed by atoms with van der Waals surface area (Å²) < 4.78 is 39.1. The second-order valence-electron chi connectivity index (χ2n) is 2.78. The number of nitrogens with one attached hydrogen (secondary N) is 2. The largest absolute Gasteiger partial charge is 0.573 e. The van der Waals surface area contributed by atoms with Crippen molar-refractivity contribution in [1.29, 1.82) is 0 Å². The van der Waals surface area contributed by atoms with Gasteiger partial charge < -0.3 is 15.4 Å². The number of benzene rings is 1. The van der Waals surface area contributed by atoms with Crippen molar-refractivity contribution in [3.8, 4) is 5.75 Å². The summed E-state index contributed by atoms with van der Waals surface area (Å²) in [5, 5.41) is 4.70. The number of urea groups is 1. The van der Waals surface area contributed by atoms with Gasteiger partial charge in [-0.05, 0) is 24.3 Å². The number of alkyl halides is 3. The van der Waals surface area contributed by atoms with Crippen LogP contribution in [0.3, 0.4) is 0 Å². The first kappa shape index (κ1) is 12.2. The molecule has 1 aromatic carbocycles. The number of anilines is 1. The lowest BCUT2D eigenvalue weighted by atomic mass is 10.3. The molecule has 0 bridgehead atoms. The van der Waals surface area contributed by atoms with Crippen LogP contribution in [-0.4, -0.2) is 19.4 Å². The molecule has 1 aromatic rings. The van der Waals surface area contributed by atoms with Crippen LogP contribution in [-0.2, 0) is 0 Å². The van der Waals surface area contributed by atoms with Crippen molar-refractivity contribution in [3.05, 3.63) is 24.3 Å². The van der Waals surface area contributed by atoms with Gasteiger partial charge in [-0.25, -0.2) is 4.79 Å². The maximum Gasteiger partial charge on any atom is 0.573 e. The summed E-state index contributed by atoms with van der Waals surface area (Å²) in [5.41, 5.74) is 0.369. The van der Waals surface area contributed by atoms with Gasteiger partial charge in [-0.2, -0.15) is 0 Å². The van der Waals surface area contributed by atoms with Crippen molar-refractivity contribution in [3.63, 3.8) is 0 Å². The first-order valence-electron chi connectivity index (χ1n) is 4.25. The molecule has 0 aliphatic rings. The highest BCUT2D eigenvalue weighted by molar-refractivity contribution is 5.88. The van der Waals surface area contributed by atoms with Crippen LogP contribution in [0.2, 0.25) is 0 Å². The number of ether oxygens (including phenoxy) is 1. The molecule has 0 saturated heterocycles. The Labute approximate surface area is 89.4 Å². The predicted octanol–water partition coefficient (Wildman–Crippen LogP) is 2.34. The number of carbonyl (C=O) groups is 1. The Balaban J connectivity index is 2.64. The van der Waals surface area contributed by atoms with E-state index in [9.17, 15) is 18.0 Å². The van der Waals surface area contributed by atoms with Gasteiger partial charge >= 0.3 is 12.4 Å². The average Bonchev–Trinajstić information content (AvgIpc) is 2.18. The molecule has 2 N–H and O–H groups in total. The second kappa shape index (κ2) is 4.73. The van der Waals surface area contributed by atoms with Gasteiger partial charge in [0.15, 0.2) is 0 Å². The Bertz CT molecular complexity index is 362. The standard InChI is InChI=1S/C9H9F3N2O2/c1-13-8(15)14-6-2-4-7(5-3-6)16-9(10,11)12/h2-5H,1H3,(H2,13,14,15). The van der Waals surface area contributed by atoms with Gasteiger partial charge in [0.05, 0.1) is 0 Å². The predicted molar refractivity (Wildman–Crippen MR) is 51.2 cm³/mol. The van der Waals surface area contributed by atoms with Gasteiger partial charge in [-0.3, -0.25) is 0 Å². The van der Waals surface area contributed by atoms with E-state index in [-0.39, 0.29) is 5.75 Å². The highest BCUT2D eigenvalue weighted by Crippen LogP contribution is 2.23. The molecule has 16 heavy (non-hydrogen) atoms. The Morgan fingerprint density at radius 2 is 1.81 bits per heavy atom. The zero-order valence-corrected chi connectivity index (χ0v) is 8.26. The molecule has 2 amide bonds. The quantitative estimate of drug-likeness (QED) is 0.825. The van der Waals surface area contributed by atoms with Crippen LogP contribution < -0.4 is 15.4 Å². The number of hydrogen-bond donors (Lipinski definition) is 2. The van der Waals surface area contributed by atoms with E-state index in [4.69, 9.17) is 0 Å². The van der Waals surface area contributed by atoms with Gasteiger partial charge in [0.2, 0.25) is 0 Å². The Kier molecular flexibility index (Phi) is 3.60. The lowest BCUT2D eigenvalue weighted by molar-refractivity contribution is -0.274. The average molecular weight is 234 g/mol. The molecule has 1 rings (SSSR count). The molecule has 0 saturated carbocycles. The minimum Gasteiger partial charge on any atom is -0.406 e. The number of halogens is 3. The molecule has 0 unspecified atom stereocenters. The fourth-order valence-electron chi connectivity index (χ4n) is 0.934. The molecule has 0 spiro atoms. The summed E-state index contributed by atoms with van der Waals surface area (Å²) in [5.74, 6) is -0.338. The molecular weight excluding hydrogens is 225 g/mol. The van der Waals surface area contributed by atoms with E-state index in [0.29, 0.717) is 5.69 Å². The molecule has 0 fully saturated rings. The summed E-state index contributed by atoms with van der Waals surface area (Å²) in [7, 11) is 1.43. The van der Waals surface area contributed by atoms with E-state index >= 15 is 0 Å². The summed E-state index contributed by atoms with van der Waals surface area (Å²) in [6.07, 6.45) is -4.71. The molecule has 88 valence electrons. The Morgan fingerprint density at radius 1 is 1.25 bits per heavy atom. The number of amides is 2. The third-order valence-electron chi connectivity index (χ3n) is 1.57. The highest BCUT2D eigenvalue weighted by Gasteiger charge is 2.30. The number of carbonyl (C=O) groups excluding carboxylic acids is 1. The van der Waals surface area contributed by atoms with E-state index in [0.717, 1.165) is 12.1 Å². The summed E-state index contributed by atoms with van der Waals surface area (Å²) in [4.78, 5) is 10.9. The molecule has 0 aliphatic carbocycles. The molecular formula is C9H9F3N2O2. The van der Waals surface area contributed by atoms with Crippen LogP contribution in [0, 0.1) is 0 Å². The van der Waals surface area contributed by atoms with E-state index in [1.165, 1.54) is 19.2 Å². The van der Waals surface area contributed by atoms with Crippen LogP contribution in [0.4, 0.5) is 23.7 Å². The van der Waals surface area contributed by atoms with Gasteiger partial charge in [0.1, 0.15) is 5.75 Å². The van der Waals surface area contributed by atoms with Crippen molar-refractivity contribution in [2.45, 2.75) is 6.36 Å². The van der Waals surface area contributed by atoms with E-state index in [2.05, 4.69) is 15.4 Å². The minimum absolute atomic E-state index is 0.338. The summed E-state index contributed by atoms with van der Waals surface area (Å²) in [6.45, 7) is 0. The van der Waals surface area contributed by atoms with Crippen LogP contribution in [0.1, 0.15) is 0 Å². The molecule has 0 heterocycles. The van der Waals surface area contributed by atoms with Crippen molar-refractivity contribution in [2.75, 3.05) is 12.4 Å². The fourth-order valence-corrected chi connectivity index (χ4v) is 0.934. The topological polar surface area (TPSA) is 50.4 Å². The van der Waals surface area contributed by atoms with Crippen LogP contribution in [0.5, 0.6) is 5.75 Å². The van der Waals surface area contributed by atoms with E-state index in [1.807, 2.05) is 0 Å². The third-order valence-corrected chi connectivity index (χ3v) is 1.57. The Morgan fingerprint density at radius 3 is 2.25 bits per heavy atom. The van der Waals surface area contributed by atoms with Crippen molar-refractivity contribution < 1.29 is 22.7 Å². The van der Waals surface area contributed by atoms with Gasteiger partial charge in [0.25, 0.3) is 0 Å². The summed E-state index contributed by atoms with van der Waals surface area (Å²) in [6, 6.07) is 4.37. The lowest BCUT2D eigenvalue weighted by Crippen LogP contribution is -2.24. The van der Waals surface area contributed by atoms with E-state index in [1.54, 1.807) is 0 Å². The van der Waals surface area contributed by atoms with Gasteiger partial charge in [0, 0.05) is 12.7 Å². The number of hydrogen-bond acceptors (Lipinski definition) is 2. The van der Waals surface area contributed by atoms with E-state index < -0.39 is 12.4 Å². The zero-order chi connectivity index (χ0) is 12.2. The molecule has 7 heteroatoms. The maximum atomic E-state index is 11.8. The molecule has 0 aliphatic heterocycles. The molecule has 0 aromatic heterocycles. The molecule has 4 nitrogen and oxygen atoms in total. The summed E-state index contributed by atoms with van der Waals surface area (Å²) >= 11 is 0.